The van der Waals surface area contributed by atoms with Crippen LogP contribution in [0.1, 0.15) is 0 Å². The minimum absolute atomic E-state index is 0. The minimum atomic E-state index is 0. The molecule has 4 heteroatoms. The van der Waals surface area contributed by atoms with Crippen LogP contribution in [0.25, 0.3) is 0 Å². The van der Waals surface area contributed by atoms with Crippen LogP contribution >= 0.6 is 0 Å². The van der Waals surface area contributed by atoms with Gasteiger partial charge in [-0.15, -0.1) is 0 Å². The summed E-state index contributed by atoms with van der Waals surface area (Å²) in [5.74, 6) is 0. The summed E-state index contributed by atoms with van der Waals surface area (Å²) in [6.07, 6.45) is 0. The summed E-state index contributed by atoms with van der Waals surface area (Å²) in [4.78, 5) is 0. The Hall–Kier alpha value is 1.04. The number of hydrogen-bond donors (Lipinski definition) is 1. The molecular formula is H5NNiOZn. The molecule has 0 atom stereocenters. The molecule has 28 valence electrons. The van der Waals surface area contributed by atoms with Gasteiger partial charge in [0.1, 0.15) is 0 Å². The second kappa shape index (κ2) is 34.6. The average Bonchev–Trinajstić information content (AvgIpc) is 0. The Kier molecular flexibility index (Phi) is 661. The van der Waals surface area contributed by atoms with E-state index in [0.29, 0.717) is 0 Å². The van der Waals surface area contributed by atoms with Gasteiger partial charge in [0.2, 0.25) is 0 Å². The Labute approximate surface area is 47.9 Å². The van der Waals surface area contributed by atoms with Gasteiger partial charge >= 0.3 is 0 Å². The Balaban J connectivity index is 0. The molecule has 0 radical (unpaired) electrons. The maximum Gasteiger partial charge on any atom is 0 e. The predicted molar refractivity (Wildman–Crippen MR) is 8.64 cm³/mol. The molecule has 0 heterocycles. The van der Waals surface area contributed by atoms with Gasteiger partial charge in [-0.25, -0.2) is 0 Å². The molecule has 2 nitrogen and oxygen atoms in total. The molecule has 0 saturated carbocycles. The minimum Gasteiger partial charge on any atom is -0.412 e. The van der Waals surface area contributed by atoms with Gasteiger partial charge in [0.05, 0.1) is 0 Å². The number of rotatable bonds is 0. The largest absolute Gasteiger partial charge is 0.412 e. The van der Waals surface area contributed by atoms with E-state index in [9.17, 15) is 0 Å². The fourth-order valence-electron chi connectivity index (χ4n) is 0. The quantitative estimate of drug-likeness (QED) is 0.468. The van der Waals surface area contributed by atoms with Gasteiger partial charge in [0.15, 0.2) is 0 Å². The molecule has 0 aromatic carbocycles. The molecule has 0 rings (SSSR count). The molecule has 0 bridgehead atoms. The van der Waals surface area contributed by atoms with Gasteiger partial charge in [0, 0.05) is 36.0 Å². The van der Waals surface area contributed by atoms with Gasteiger partial charge in [-0.05, 0) is 0 Å². The predicted octanol–water partition coefficient (Wildman–Crippen LogP) is -0.668. The second-order valence-electron chi connectivity index (χ2n) is 0. The summed E-state index contributed by atoms with van der Waals surface area (Å²) in [5.41, 5.74) is 0. The van der Waals surface area contributed by atoms with Crippen molar-refractivity contribution in [2.24, 2.45) is 0 Å². The third kappa shape index (κ3) is 11.7. The van der Waals surface area contributed by atoms with Gasteiger partial charge in [-0.3, -0.25) is 0 Å². The third-order valence-corrected chi connectivity index (χ3v) is 0. The molecule has 0 unspecified atom stereocenters. The van der Waals surface area contributed by atoms with Gasteiger partial charge < -0.3 is 11.6 Å². The first-order chi connectivity index (χ1) is 0. The molecule has 0 fully saturated rings. The van der Waals surface area contributed by atoms with Crippen molar-refractivity contribution in [3.8, 4) is 0 Å². The summed E-state index contributed by atoms with van der Waals surface area (Å²) in [6, 6.07) is 0. The molecule has 5 N–H and O–H groups in total. The molecule has 0 spiro atoms. The van der Waals surface area contributed by atoms with Crippen molar-refractivity contribution in [1.29, 1.82) is 0 Å². The van der Waals surface area contributed by atoms with E-state index in [1.807, 2.05) is 0 Å². The molecule has 0 aromatic heterocycles. The Bertz CT molecular complexity index is 8.00. The molecule has 0 aromatic rings. The zero-order valence-corrected chi connectivity index (χ0v) is 6.19. The Morgan fingerprint density at radius 1 is 1.00 bits per heavy atom. The first-order valence-electron chi connectivity index (χ1n) is 0. The van der Waals surface area contributed by atoms with E-state index in [0.717, 1.165) is 0 Å². The normalized spacial score (nSPS) is 0. The van der Waals surface area contributed by atoms with Crippen LogP contribution in [-0.2, 0) is 36.0 Å². The van der Waals surface area contributed by atoms with Crippen LogP contribution in [0.5, 0.6) is 0 Å². The molecule has 4 heavy (non-hydrogen) atoms. The average molecular weight is 159 g/mol. The molecule has 0 aliphatic rings. The van der Waals surface area contributed by atoms with Crippen molar-refractivity contribution < 1.29 is 41.4 Å². The maximum absolute atomic E-state index is 0. The van der Waals surface area contributed by atoms with Crippen LogP contribution in [0.2, 0.25) is 0 Å². The van der Waals surface area contributed by atoms with Crippen molar-refractivity contribution in [1.82, 2.24) is 6.15 Å². The van der Waals surface area contributed by atoms with Crippen LogP contribution in [0.4, 0.5) is 0 Å². The zero-order chi connectivity index (χ0) is 0. The van der Waals surface area contributed by atoms with Crippen molar-refractivity contribution in [3.05, 3.63) is 0 Å². The second-order valence-corrected chi connectivity index (χ2v) is 0. The number of hydrogen-bond acceptors (Lipinski definition) is 1. The van der Waals surface area contributed by atoms with Crippen LogP contribution in [-0.4, -0.2) is 5.48 Å². The van der Waals surface area contributed by atoms with Gasteiger partial charge in [0.25, 0.3) is 0 Å². The van der Waals surface area contributed by atoms with E-state index < -0.39 is 0 Å². The summed E-state index contributed by atoms with van der Waals surface area (Å²) in [6.45, 7) is 0. The van der Waals surface area contributed by atoms with Crippen LogP contribution in [0, 0.1) is 0 Å². The van der Waals surface area contributed by atoms with Crippen LogP contribution < -0.4 is 6.15 Å². The maximum atomic E-state index is 0. The first kappa shape index (κ1) is 76.3. The van der Waals surface area contributed by atoms with E-state index in [2.05, 4.69) is 0 Å². The van der Waals surface area contributed by atoms with E-state index in [1.165, 1.54) is 0 Å². The van der Waals surface area contributed by atoms with E-state index >= 15 is 0 Å². The third-order valence-electron chi connectivity index (χ3n) is 0. The van der Waals surface area contributed by atoms with E-state index in [4.69, 9.17) is 0 Å². The van der Waals surface area contributed by atoms with Crippen molar-refractivity contribution in [2.45, 2.75) is 0 Å². The van der Waals surface area contributed by atoms with Crippen molar-refractivity contribution in [3.63, 3.8) is 0 Å². The molecule has 0 amide bonds. The van der Waals surface area contributed by atoms with Crippen LogP contribution in [0.3, 0.4) is 0 Å². The molecular weight excluding hydrogens is 154 g/mol. The standard InChI is InChI=1S/H3N.Ni.H2O.Zn/h1H3;;1H2;. The zero-order valence-electron chi connectivity index (χ0n) is 2.23. The summed E-state index contributed by atoms with van der Waals surface area (Å²) in [7, 11) is 0. The summed E-state index contributed by atoms with van der Waals surface area (Å²) in [5, 5.41) is 0. The fourth-order valence-corrected chi connectivity index (χ4v) is 0. The Morgan fingerprint density at radius 3 is 1.00 bits per heavy atom. The first-order valence-corrected chi connectivity index (χ1v) is 0. The summed E-state index contributed by atoms with van der Waals surface area (Å²) < 4.78 is 0. The molecule has 0 aliphatic carbocycles. The topological polar surface area (TPSA) is 66.5 Å². The smallest absolute Gasteiger partial charge is 0 e. The summed E-state index contributed by atoms with van der Waals surface area (Å²) >= 11 is 0. The molecule has 0 aliphatic heterocycles. The van der Waals surface area contributed by atoms with Crippen LogP contribution in [0.15, 0.2) is 0 Å². The van der Waals surface area contributed by atoms with E-state index in [-0.39, 0.29) is 47.6 Å². The van der Waals surface area contributed by atoms with Crippen molar-refractivity contribution >= 4 is 0 Å². The van der Waals surface area contributed by atoms with Gasteiger partial charge in [-0.1, -0.05) is 0 Å². The molecule has 0 saturated heterocycles. The SMILES string of the molecule is N.O.[Ni].[Zn]. The fraction of sp³-hybridized carbons (Fsp3) is 0. The Morgan fingerprint density at radius 2 is 1.00 bits per heavy atom. The van der Waals surface area contributed by atoms with Crippen molar-refractivity contribution in [2.75, 3.05) is 0 Å². The van der Waals surface area contributed by atoms with Gasteiger partial charge in [-0.2, -0.15) is 0 Å². The monoisotopic (exact) mass is 157 g/mol. The van der Waals surface area contributed by atoms with E-state index in [1.54, 1.807) is 0 Å².